The van der Waals surface area contributed by atoms with Crippen molar-refractivity contribution in [1.29, 1.82) is 0 Å². The molecule has 0 spiro atoms. The van der Waals surface area contributed by atoms with E-state index in [0.717, 1.165) is 23.8 Å². The van der Waals surface area contributed by atoms with Crippen LogP contribution in [0.5, 0.6) is 5.75 Å². The fraction of sp³-hybridized carbons (Fsp3) is 0.520. The van der Waals surface area contributed by atoms with Gasteiger partial charge in [0.25, 0.3) is 5.56 Å². The lowest BCUT2D eigenvalue weighted by Gasteiger charge is -2.25. The number of carbonyl (C=O) groups is 2. The van der Waals surface area contributed by atoms with Gasteiger partial charge in [0.2, 0.25) is 0 Å². The molecule has 220 valence electrons. The molecule has 40 heavy (non-hydrogen) atoms. The first-order chi connectivity index (χ1) is 18.6. The Kier molecular flexibility index (Phi) is 9.85. The van der Waals surface area contributed by atoms with Crippen molar-refractivity contribution in [3.8, 4) is 5.75 Å². The van der Waals surface area contributed by atoms with Crippen LogP contribution >= 0.6 is 7.75 Å². The number of alkyl halides is 1. The first-order valence-corrected chi connectivity index (χ1v) is 14.0. The van der Waals surface area contributed by atoms with Gasteiger partial charge in [0.05, 0.1) is 6.61 Å². The number of ketones is 1. The molecular weight excluding hydrogens is 552 g/mol. The minimum atomic E-state index is -4.43. The molecule has 2 aromatic rings. The Morgan fingerprint density at radius 1 is 1.20 bits per heavy atom. The van der Waals surface area contributed by atoms with E-state index < -0.39 is 67.8 Å². The predicted molar refractivity (Wildman–Crippen MR) is 139 cm³/mol. The Bertz CT molecular complexity index is 1360. The van der Waals surface area contributed by atoms with Crippen molar-refractivity contribution < 1.29 is 42.2 Å². The van der Waals surface area contributed by atoms with E-state index in [1.807, 2.05) is 4.98 Å². The number of rotatable bonds is 12. The first-order valence-electron chi connectivity index (χ1n) is 12.5. The average Bonchev–Trinajstić information content (AvgIpc) is 3.10. The van der Waals surface area contributed by atoms with Crippen LogP contribution in [0, 0.1) is 5.92 Å². The number of nitrogens with zero attached hydrogens (tertiary/aromatic N) is 1. The van der Waals surface area contributed by atoms with Crippen LogP contribution in [0.15, 0.2) is 52.2 Å². The molecule has 1 unspecified atom stereocenters. The first kappa shape index (κ1) is 31.4. The lowest BCUT2D eigenvalue weighted by molar-refractivity contribution is -0.156. The van der Waals surface area contributed by atoms with Crippen molar-refractivity contribution >= 4 is 19.5 Å². The maximum atomic E-state index is 15.5. The van der Waals surface area contributed by atoms with Crippen molar-refractivity contribution in [2.75, 3.05) is 6.61 Å². The van der Waals surface area contributed by atoms with Gasteiger partial charge in [-0.15, -0.1) is 0 Å². The molecule has 15 heteroatoms. The molecule has 0 bridgehead atoms. The van der Waals surface area contributed by atoms with Gasteiger partial charge in [-0.2, -0.15) is 5.09 Å². The number of halogens is 1. The van der Waals surface area contributed by atoms with Gasteiger partial charge in [-0.05, 0) is 32.9 Å². The van der Waals surface area contributed by atoms with Crippen LogP contribution in [0.25, 0.3) is 0 Å². The maximum Gasteiger partial charge on any atom is 0.459 e. The molecule has 3 rings (SSSR count). The molecule has 0 aliphatic carbocycles. The zero-order valence-electron chi connectivity index (χ0n) is 22.6. The summed E-state index contributed by atoms with van der Waals surface area (Å²) >= 11 is 0. The van der Waals surface area contributed by atoms with Crippen LogP contribution in [0.3, 0.4) is 0 Å². The van der Waals surface area contributed by atoms with Crippen molar-refractivity contribution in [3.63, 3.8) is 0 Å². The fourth-order valence-corrected chi connectivity index (χ4v) is 5.44. The van der Waals surface area contributed by atoms with Gasteiger partial charge in [-0.25, -0.2) is 13.8 Å². The highest BCUT2D eigenvalue weighted by Crippen LogP contribution is 2.47. The second-order valence-corrected chi connectivity index (χ2v) is 11.5. The summed E-state index contributed by atoms with van der Waals surface area (Å²) < 4.78 is 51.8. The highest BCUT2D eigenvalue weighted by Gasteiger charge is 2.56. The number of hydrogen-bond donors (Lipinski definition) is 3. The fourth-order valence-electron chi connectivity index (χ4n) is 3.94. The third-order valence-corrected chi connectivity index (χ3v) is 7.81. The molecular formula is C25H33FN3O10P. The van der Waals surface area contributed by atoms with Gasteiger partial charge >= 0.3 is 19.4 Å². The van der Waals surface area contributed by atoms with Crippen LogP contribution in [0.4, 0.5) is 4.39 Å². The number of benzene rings is 1. The topological polar surface area (TPSA) is 175 Å². The van der Waals surface area contributed by atoms with Crippen LogP contribution in [-0.4, -0.2) is 63.0 Å². The SMILES string of the molecule is CC(C)C(=O)[C@H](C)OC(=O)[C@H](C)NP(=O)(OC[C@H]1O[C@@H](n2ccc(=O)[nH]c2=O)[C@](C)(F)[C@@H]1O)Oc1ccccc1. The minimum Gasteiger partial charge on any atom is -0.453 e. The summed E-state index contributed by atoms with van der Waals surface area (Å²) in [5, 5.41) is 13.1. The third kappa shape index (κ3) is 7.32. The number of nitrogens with one attached hydrogen (secondary N) is 2. The van der Waals surface area contributed by atoms with Crippen molar-refractivity contribution in [1.82, 2.24) is 14.6 Å². The molecule has 1 fully saturated rings. The van der Waals surface area contributed by atoms with Crippen LogP contribution in [0.2, 0.25) is 0 Å². The van der Waals surface area contributed by atoms with Crippen molar-refractivity contribution in [2.24, 2.45) is 5.92 Å². The highest BCUT2D eigenvalue weighted by atomic mass is 31.2. The number of aromatic amines is 1. The van der Waals surface area contributed by atoms with Crippen molar-refractivity contribution in [3.05, 3.63) is 63.4 Å². The number of aliphatic hydroxyl groups excluding tert-OH is 1. The summed E-state index contributed by atoms with van der Waals surface area (Å²) in [5.74, 6) is -1.49. The summed E-state index contributed by atoms with van der Waals surface area (Å²) in [5.41, 5.74) is -4.20. The number of Topliss-reactive ketones (excluding diaryl/α,β-unsaturated/α-hetero) is 1. The van der Waals surface area contributed by atoms with E-state index in [9.17, 15) is 28.8 Å². The van der Waals surface area contributed by atoms with Gasteiger partial charge in [-0.3, -0.25) is 28.5 Å². The van der Waals surface area contributed by atoms with Gasteiger partial charge < -0.3 is 19.1 Å². The molecule has 13 nitrogen and oxygen atoms in total. The van der Waals surface area contributed by atoms with Crippen molar-refractivity contribution in [2.45, 2.75) is 70.9 Å². The van der Waals surface area contributed by atoms with Gasteiger partial charge in [-0.1, -0.05) is 32.0 Å². The number of ether oxygens (including phenoxy) is 2. The minimum absolute atomic E-state index is 0.100. The molecule has 2 heterocycles. The van der Waals surface area contributed by atoms with E-state index in [-0.39, 0.29) is 17.5 Å². The molecule has 3 N–H and O–H groups in total. The number of H-pyrrole nitrogens is 1. The quantitative estimate of drug-likeness (QED) is 0.245. The smallest absolute Gasteiger partial charge is 0.453 e. The largest absolute Gasteiger partial charge is 0.459 e. The zero-order chi connectivity index (χ0) is 29.8. The maximum absolute atomic E-state index is 15.5. The number of aromatic nitrogens is 2. The summed E-state index contributed by atoms with van der Waals surface area (Å²) in [6.45, 7) is 6.35. The number of para-hydroxylation sites is 1. The third-order valence-electron chi connectivity index (χ3n) is 6.17. The lowest BCUT2D eigenvalue weighted by atomic mass is 9.98. The Labute approximate surface area is 229 Å². The van der Waals surface area contributed by atoms with Gasteiger partial charge in [0.15, 0.2) is 23.8 Å². The Morgan fingerprint density at radius 3 is 2.45 bits per heavy atom. The molecule has 1 aromatic carbocycles. The second kappa shape index (κ2) is 12.6. The second-order valence-electron chi connectivity index (χ2n) is 9.82. The zero-order valence-corrected chi connectivity index (χ0v) is 23.5. The lowest BCUT2D eigenvalue weighted by Crippen LogP contribution is -2.44. The average molecular weight is 586 g/mol. The summed E-state index contributed by atoms with van der Waals surface area (Å²) in [7, 11) is -4.43. The van der Waals surface area contributed by atoms with E-state index in [0.29, 0.717) is 0 Å². The summed E-state index contributed by atoms with van der Waals surface area (Å²) in [4.78, 5) is 50.3. The summed E-state index contributed by atoms with van der Waals surface area (Å²) in [6.07, 6.45) is -4.99. The van der Waals surface area contributed by atoms with E-state index in [1.54, 1.807) is 32.0 Å². The number of esters is 1. The number of hydrogen-bond acceptors (Lipinski definition) is 10. The monoisotopic (exact) mass is 585 g/mol. The molecule has 1 aliphatic rings. The van der Waals surface area contributed by atoms with Crippen LogP contribution in [-0.2, 0) is 28.2 Å². The molecule has 0 radical (unpaired) electrons. The summed E-state index contributed by atoms with van der Waals surface area (Å²) in [6, 6.07) is 7.53. The van der Waals surface area contributed by atoms with E-state index >= 15 is 4.39 Å². The Hall–Kier alpha value is -3.16. The molecule has 1 aromatic heterocycles. The molecule has 0 amide bonds. The van der Waals surface area contributed by atoms with Gasteiger partial charge in [0.1, 0.15) is 24.0 Å². The van der Waals surface area contributed by atoms with E-state index in [4.69, 9.17) is 18.5 Å². The normalized spacial score (nSPS) is 25.6. The Morgan fingerprint density at radius 2 is 1.85 bits per heavy atom. The molecule has 7 atom stereocenters. The van der Waals surface area contributed by atoms with Gasteiger partial charge in [0, 0.05) is 18.2 Å². The number of aliphatic hydroxyl groups is 1. The molecule has 1 saturated heterocycles. The predicted octanol–water partition coefficient (Wildman–Crippen LogP) is 1.86. The van der Waals surface area contributed by atoms with Crippen LogP contribution in [0.1, 0.15) is 40.8 Å². The standard InChI is InChI=1S/C25H33FN3O10P/c1-14(2)20(31)16(4)37-22(33)15(3)28-40(35,39-17-9-7-6-8-10-17)36-13-18-21(32)25(5,26)23(38-18)29-12-11-19(30)27-24(29)34/h6-12,14-16,18,21,23,32H,13H2,1-5H3,(H,28,35)(H,27,30,34)/t15-,16-,18+,21+,23+,25+,40?/m0/s1. The molecule has 1 aliphatic heterocycles. The molecule has 0 saturated carbocycles. The number of carbonyl (C=O) groups excluding carboxylic acids is 2. The van der Waals surface area contributed by atoms with Crippen LogP contribution < -0.4 is 20.9 Å². The van der Waals surface area contributed by atoms with E-state index in [2.05, 4.69) is 5.09 Å². The highest BCUT2D eigenvalue weighted by molar-refractivity contribution is 7.52. The van der Waals surface area contributed by atoms with E-state index in [1.165, 1.54) is 26.0 Å². The Balaban J connectivity index is 1.78.